The maximum Gasteiger partial charge on any atom is 0.346 e. The zero-order chi connectivity index (χ0) is 19.7. The van der Waals surface area contributed by atoms with E-state index in [2.05, 4.69) is 10.4 Å². The van der Waals surface area contributed by atoms with Crippen molar-refractivity contribution in [1.82, 2.24) is 10.3 Å². The number of carbonyl (C=O) groups is 2. The number of imide groups is 1. The van der Waals surface area contributed by atoms with Crippen molar-refractivity contribution in [2.24, 2.45) is 5.10 Å². The smallest absolute Gasteiger partial charge is 0.346 e. The number of amides is 3. The summed E-state index contributed by atoms with van der Waals surface area (Å²) < 4.78 is 11.0. The molecule has 1 fully saturated rings. The van der Waals surface area contributed by atoms with Crippen molar-refractivity contribution in [3.63, 3.8) is 0 Å². The quantitative estimate of drug-likeness (QED) is 0.631. The lowest BCUT2D eigenvalue weighted by Gasteiger charge is -2.24. The number of hydrogen-bond acceptors (Lipinski definition) is 5. The molecule has 0 aliphatic carbocycles. The first-order valence-corrected chi connectivity index (χ1v) is 9.28. The van der Waals surface area contributed by atoms with Crippen LogP contribution in [0.2, 0.25) is 5.02 Å². The number of ether oxygens (including phenoxy) is 2. The molecule has 2 aliphatic heterocycles. The van der Waals surface area contributed by atoms with Gasteiger partial charge in [0.2, 0.25) is 0 Å². The molecule has 1 atom stereocenters. The van der Waals surface area contributed by atoms with Crippen LogP contribution >= 0.6 is 11.6 Å². The molecule has 0 spiro atoms. The normalized spacial score (nSPS) is 21.3. The maximum absolute atomic E-state index is 13.0. The summed E-state index contributed by atoms with van der Waals surface area (Å²) in [5.74, 6) is 0.560. The third-order valence-electron chi connectivity index (χ3n) is 4.81. The van der Waals surface area contributed by atoms with Gasteiger partial charge in [-0.15, -0.1) is 5.01 Å². The van der Waals surface area contributed by atoms with Crippen molar-refractivity contribution in [3.05, 3.63) is 58.6 Å². The Kier molecular flexibility index (Phi) is 4.68. The first-order chi connectivity index (χ1) is 13.5. The summed E-state index contributed by atoms with van der Waals surface area (Å²) in [7, 11) is 0. The molecule has 7 nitrogen and oxygen atoms in total. The standard InChI is InChI=1S/C20H18ClN3O4/c1-2-20(14-6-4-3-5-7-14)18(25)24(19(26)23-20)22-12-13-10-15(21)17-16(11-13)27-8-9-28-17/h3-7,10-12H,2,8-9H2,1H3,(H,23,26)/b22-12-/t20-/m1/s1. The van der Waals surface area contributed by atoms with Crippen LogP contribution in [0.25, 0.3) is 0 Å². The number of hydrogen-bond donors (Lipinski definition) is 1. The summed E-state index contributed by atoms with van der Waals surface area (Å²) in [6.45, 7) is 2.70. The van der Waals surface area contributed by atoms with Gasteiger partial charge in [0.1, 0.15) is 18.8 Å². The first kappa shape index (κ1) is 18.3. The lowest BCUT2D eigenvalue weighted by Crippen LogP contribution is -2.43. The molecule has 2 aromatic carbocycles. The van der Waals surface area contributed by atoms with E-state index in [4.69, 9.17) is 21.1 Å². The van der Waals surface area contributed by atoms with Crippen molar-refractivity contribution < 1.29 is 19.1 Å². The maximum atomic E-state index is 13.0. The van der Waals surface area contributed by atoms with Crippen LogP contribution in [0.4, 0.5) is 4.79 Å². The van der Waals surface area contributed by atoms with Gasteiger partial charge in [-0.3, -0.25) is 4.79 Å². The van der Waals surface area contributed by atoms with Gasteiger partial charge in [0.05, 0.1) is 11.2 Å². The monoisotopic (exact) mass is 399 g/mol. The van der Waals surface area contributed by atoms with E-state index in [0.717, 1.165) is 10.6 Å². The average Bonchev–Trinajstić information content (AvgIpc) is 2.97. The molecule has 3 amide bonds. The van der Waals surface area contributed by atoms with Gasteiger partial charge in [0, 0.05) is 0 Å². The summed E-state index contributed by atoms with van der Waals surface area (Å²) in [5, 5.41) is 8.12. The number of rotatable bonds is 4. The Labute approximate surface area is 166 Å². The van der Waals surface area contributed by atoms with E-state index in [1.807, 2.05) is 37.3 Å². The highest BCUT2D eigenvalue weighted by molar-refractivity contribution is 6.32. The van der Waals surface area contributed by atoms with Crippen LogP contribution in [0.3, 0.4) is 0 Å². The fourth-order valence-corrected chi connectivity index (χ4v) is 3.63. The van der Waals surface area contributed by atoms with Crippen LogP contribution in [0.15, 0.2) is 47.6 Å². The van der Waals surface area contributed by atoms with Crippen LogP contribution in [-0.2, 0) is 10.3 Å². The number of carbonyl (C=O) groups excluding carboxylic acids is 2. The Morgan fingerprint density at radius 1 is 1.21 bits per heavy atom. The van der Waals surface area contributed by atoms with Gasteiger partial charge in [-0.1, -0.05) is 48.9 Å². The number of benzene rings is 2. The van der Waals surface area contributed by atoms with E-state index in [1.54, 1.807) is 12.1 Å². The fraction of sp³-hybridized carbons (Fsp3) is 0.250. The number of nitrogens with zero attached hydrogens (tertiary/aromatic N) is 2. The Bertz CT molecular complexity index is 963. The van der Waals surface area contributed by atoms with E-state index in [1.165, 1.54) is 6.21 Å². The molecule has 0 saturated carbocycles. The molecule has 1 N–H and O–H groups in total. The lowest BCUT2D eigenvalue weighted by molar-refractivity contribution is -0.131. The summed E-state index contributed by atoms with van der Waals surface area (Å²) in [5.41, 5.74) is 0.180. The Hall–Kier alpha value is -3.06. The molecule has 0 radical (unpaired) electrons. The highest BCUT2D eigenvalue weighted by Crippen LogP contribution is 2.38. The van der Waals surface area contributed by atoms with Crippen LogP contribution in [-0.4, -0.2) is 36.4 Å². The first-order valence-electron chi connectivity index (χ1n) is 8.90. The largest absolute Gasteiger partial charge is 0.486 e. The predicted octanol–water partition coefficient (Wildman–Crippen LogP) is 3.30. The van der Waals surface area contributed by atoms with E-state index in [0.29, 0.717) is 41.7 Å². The molecular weight excluding hydrogens is 382 g/mol. The molecule has 2 heterocycles. The summed E-state index contributed by atoms with van der Waals surface area (Å²) in [6, 6.07) is 11.9. The highest BCUT2D eigenvalue weighted by atomic mass is 35.5. The SMILES string of the molecule is CC[C@]1(c2ccccc2)NC(=O)N(/N=C\c2cc(Cl)c3c(c2)OCCO3)C1=O. The van der Waals surface area contributed by atoms with Gasteiger partial charge in [0.15, 0.2) is 11.5 Å². The van der Waals surface area contributed by atoms with Gasteiger partial charge >= 0.3 is 6.03 Å². The molecule has 1 saturated heterocycles. The van der Waals surface area contributed by atoms with Gasteiger partial charge in [-0.25, -0.2) is 4.79 Å². The zero-order valence-electron chi connectivity index (χ0n) is 15.1. The second kappa shape index (κ2) is 7.16. The number of urea groups is 1. The number of hydrazone groups is 1. The van der Waals surface area contributed by atoms with Gasteiger partial charge in [-0.2, -0.15) is 5.10 Å². The van der Waals surface area contributed by atoms with Crippen molar-refractivity contribution in [2.45, 2.75) is 18.9 Å². The molecule has 0 bridgehead atoms. The van der Waals surface area contributed by atoms with Crippen LogP contribution in [0.5, 0.6) is 11.5 Å². The minimum atomic E-state index is -1.12. The van der Waals surface area contributed by atoms with Crippen LogP contribution in [0.1, 0.15) is 24.5 Å². The van der Waals surface area contributed by atoms with Gasteiger partial charge < -0.3 is 14.8 Å². The molecule has 2 aliphatic rings. The van der Waals surface area contributed by atoms with Crippen molar-refractivity contribution >= 4 is 29.8 Å². The van der Waals surface area contributed by atoms with Crippen molar-refractivity contribution in [2.75, 3.05) is 13.2 Å². The summed E-state index contributed by atoms with van der Waals surface area (Å²) in [6.07, 6.45) is 1.81. The van der Waals surface area contributed by atoms with Gasteiger partial charge in [-0.05, 0) is 29.7 Å². The second-order valence-corrected chi connectivity index (χ2v) is 6.85. The summed E-state index contributed by atoms with van der Waals surface area (Å²) >= 11 is 6.22. The molecular formula is C20H18ClN3O4. The molecule has 0 aromatic heterocycles. The molecule has 144 valence electrons. The topological polar surface area (TPSA) is 80.2 Å². The number of nitrogens with one attached hydrogen (secondary N) is 1. The van der Waals surface area contributed by atoms with E-state index in [9.17, 15) is 9.59 Å². The minimum absolute atomic E-state index is 0.378. The fourth-order valence-electron chi connectivity index (χ4n) is 3.36. The van der Waals surface area contributed by atoms with E-state index < -0.39 is 17.5 Å². The summed E-state index contributed by atoms with van der Waals surface area (Å²) in [4.78, 5) is 25.5. The highest BCUT2D eigenvalue weighted by Gasteiger charge is 2.51. The molecule has 8 heteroatoms. The minimum Gasteiger partial charge on any atom is -0.486 e. The lowest BCUT2D eigenvalue weighted by atomic mass is 9.87. The van der Waals surface area contributed by atoms with Crippen molar-refractivity contribution in [3.8, 4) is 11.5 Å². The third-order valence-corrected chi connectivity index (χ3v) is 5.09. The molecule has 0 unspecified atom stereocenters. The molecule has 2 aromatic rings. The van der Waals surface area contributed by atoms with E-state index >= 15 is 0 Å². The van der Waals surface area contributed by atoms with Crippen molar-refractivity contribution in [1.29, 1.82) is 0 Å². The Morgan fingerprint density at radius 3 is 2.71 bits per heavy atom. The third kappa shape index (κ3) is 2.97. The molecule has 28 heavy (non-hydrogen) atoms. The Morgan fingerprint density at radius 2 is 1.96 bits per heavy atom. The Balaban J connectivity index is 1.63. The number of fused-ring (bicyclic) bond motifs is 1. The predicted molar refractivity (Wildman–Crippen MR) is 104 cm³/mol. The molecule has 4 rings (SSSR count). The second-order valence-electron chi connectivity index (χ2n) is 6.44. The van der Waals surface area contributed by atoms with Crippen LogP contribution in [0, 0.1) is 0 Å². The number of halogens is 1. The average molecular weight is 400 g/mol. The zero-order valence-corrected chi connectivity index (χ0v) is 15.9. The van der Waals surface area contributed by atoms with Gasteiger partial charge in [0.25, 0.3) is 5.91 Å². The van der Waals surface area contributed by atoms with Crippen LogP contribution < -0.4 is 14.8 Å². The van der Waals surface area contributed by atoms with E-state index in [-0.39, 0.29) is 0 Å².